The first kappa shape index (κ1) is 17.7. The van der Waals surface area contributed by atoms with Gasteiger partial charge in [-0.15, -0.1) is 11.3 Å². The molecule has 3 N–H and O–H groups in total. The van der Waals surface area contributed by atoms with Crippen LogP contribution >= 0.6 is 22.9 Å². The molecule has 142 valence electrons. The topological polar surface area (TPSA) is 45.6 Å². The number of hydrogen-bond acceptors (Lipinski definition) is 3. The number of thiophene rings is 1. The van der Waals surface area contributed by atoms with Crippen LogP contribution in [0.1, 0.15) is 38.1 Å². The number of halogens is 1. The Bertz CT molecular complexity index is 1030. The molecule has 0 saturated carbocycles. The Morgan fingerprint density at radius 2 is 1.86 bits per heavy atom. The monoisotopic (exact) mass is 410 g/mol. The van der Waals surface area contributed by atoms with Crippen LogP contribution in [0.3, 0.4) is 0 Å². The van der Waals surface area contributed by atoms with Gasteiger partial charge >= 0.3 is 0 Å². The van der Waals surface area contributed by atoms with E-state index in [0.29, 0.717) is 5.02 Å². The van der Waals surface area contributed by atoms with Crippen molar-refractivity contribution in [3.05, 3.63) is 86.8 Å². The van der Waals surface area contributed by atoms with Crippen LogP contribution in [0.25, 0.3) is 0 Å². The van der Waals surface area contributed by atoms with Gasteiger partial charge in [0, 0.05) is 22.6 Å². The van der Waals surface area contributed by atoms with E-state index in [4.69, 9.17) is 11.6 Å². The average molecular weight is 411 g/mol. The van der Waals surface area contributed by atoms with Crippen molar-refractivity contribution in [3.63, 3.8) is 0 Å². The Hall–Kier alpha value is -2.34. The van der Waals surface area contributed by atoms with Crippen LogP contribution in [-0.4, -0.2) is 12.5 Å². The summed E-state index contributed by atoms with van der Waals surface area (Å²) in [5, 5.41) is 8.21. The Morgan fingerprint density at radius 1 is 1.07 bits per heavy atom. The van der Waals surface area contributed by atoms with E-state index < -0.39 is 0 Å². The molecule has 5 rings (SSSR count). The lowest BCUT2D eigenvalue weighted by atomic mass is 10.00. The zero-order valence-electron chi connectivity index (χ0n) is 15.3. The van der Waals surface area contributed by atoms with Gasteiger partial charge in [0.05, 0.1) is 17.0 Å². The van der Waals surface area contributed by atoms with Crippen LogP contribution in [0.5, 0.6) is 0 Å². The molecular weight excluding hydrogens is 390 g/mol. The first-order valence-corrected chi connectivity index (χ1v) is 10.7. The van der Waals surface area contributed by atoms with Crippen LogP contribution in [0.2, 0.25) is 5.02 Å². The molecule has 1 aromatic heterocycles. The van der Waals surface area contributed by atoms with Gasteiger partial charge in [-0.2, -0.15) is 0 Å². The summed E-state index contributed by atoms with van der Waals surface area (Å²) < 4.78 is 0. The minimum atomic E-state index is -0.290. The summed E-state index contributed by atoms with van der Waals surface area (Å²) in [5.41, 5.74) is 4.31. The molecule has 0 radical (unpaired) electrons. The van der Waals surface area contributed by atoms with Crippen molar-refractivity contribution in [2.24, 2.45) is 0 Å². The summed E-state index contributed by atoms with van der Waals surface area (Å²) in [7, 11) is 0. The SMILES string of the molecule is O=C1N[C@H](c2ccccc2Cl)Nc2sc3c(c21)CC[NH+](Cc1ccccc1)C3. The third kappa shape index (κ3) is 3.20. The Morgan fingerprint density at radius 3 is 2.68 bits per heavy atom. The predicted octanol–water partition coefficient (Wildman–Crippen LogP) is 3.40. The van der Waals surface area contributed by atoms with E-state index in [1.165, 1.54) is 16.0 Å². The number of carbonyl (C=O) groups excluding carboxylic acids is 1. The summed E-state index contributed by atoms with van der Waals surface area (Å²) in [6, 6.07) is 18.3. The third-order valence-electron chi connectivity index (χ3n) is 5.52. The van der Waals surface area contributed by atoms with Gasteiger partial charge < -0.3 is 15.5 Å². The summed E-state index contributed by atoms with van der Waals surface area (Å²) in [4.78, 5) is 15.8. The maximum absolute atomic E-state index is 12.9. The second kappa shape index (κ2) is 7.24. The van der Waals surface area contributed by atoms with Crippen molar-refractivity contribution < 1.29 is 9.69 Å². The van der Waals surface area contributed by atoms with E-state index in [1.54, 1.807) is 16.2 Å². The lowest BCUT2D eigenvalue weighted by Crippen LogP contribution is -3.10. The van der Waals surface area contributed by atoms with Crippen LogP contribution < -0.4 is 15.5 Å². The first-order chi connectivity index (χ1) is 13.7. The molecule has 6 heteroatoms. The zero-order valence-corrected chi connectivity index (χ0v) is 16.9. The summed E-state index contributed by atoms with van der Waals surface area (Å²) in [6.45, 7) is 3.03. The molecule has 1 unspecified atom stereocenters. The number of benzene rings is 2. The number of amides is 1. The number of carbonyl (C=O) groups is 1. The Labute approximate surface area is 173 Å². The van der Waals surface area contributed by atoms with E-state index in [2.05, 4.69) is 41.0 Å². The normalized spacial score (nSPS) is 20.7. The zero-order chi connectivity index (χ0) is 19.1. The fourth-order valence-corrected chi connectivity index (χ4v) is 5.74. The maximum Gasteiger partial charge on any atom is 0.256 e. The highest BCUT2D eigenvalue weighted by molar-refractivity contribution is 7.16. The fraction of sp³-hybridized carbons (Fsp3) is 0.227. The number of hydrogen-bond donors (Lipinski definition) is 3. The van der Waals surface area contributed by atoms with Crippen molar-refractivity contribution in [1.29, 1.82) is 0 Å². The molecular formula is C22H21ClN3OS+. The highest BCUT2D eigenvalue weighted by Gasteiger charge is 2.35. The molecule has 2 atom stereocenters. The third-order valence-corrected chi connectivity index (χ3v) is 7.03. The van der Waals surface area contributed by atoms with Gasteiger partial charge in [-0.1, -0.05) is 60.1 Å². The molecule has 2 aliphatic heterocycles. The van der Waals surface area contributed by atoms with Gasteiger partial charge in [-0.3, -0.25) is 4.79 Å². The van der Waals surface area contributed by atoms with Gasteiger partial charge in [-0.05, 0) is 11.6 Å². The average Bonchev–Trinajstić information content (AvgIpc) is 3.07. The molecule has 0 bridgehead atoms. The molecule has 0 aliphatic carbocycles. The van der Waals surface area contributed by atoms with Gasteiger partial charge in [0.1, 0.15) is 24.3 Å². The molecule has 2 aliphatic rings. The van der Waals surface area contributed by atoms with Gasteiger partial charge in [0.25, 0.3) is 5.91 Å². The van der Waals surface area contributed by atoms with Crippen LogP contribution in [0.15, 0.2) is 54.6 Å². The lowest BCUT2D eigenvalue weighted by molar-refractivity contribution is -0.929. The summed E-state index contributed by atoms with van der Waals surface area (Å²) >= 11 is 8.06. The summed E-state index contributed by atoms with van der Waals surface area (Å²) in [6.07, 6.45) is 0.649. The molecule has 0 saturated heterocycles. The number of rotatable bonds is 3. The van der Waals surface area contributed by atoms with Crippen molar-refractivity contribution >= 4 is 33.8 Å². The van der Waals surface area contributed by atoms with E-state index in [-0.39, 0.29) is 12.1 Å². The summed E-state index contributed by atoms with van der Waals surface area (Å²) in [5.74, 6) is 0.00248. The largest absolute Gasteiger partial charge is 0.353 e. The second-order valence-corrected chi connectivity index (χ2v) is 8.88. The van der Waals surface area contributed by atoms with Crippen LogP contribution in [-0.2, 0) is 19.5 Å². The van der Waals surface area contributed by atoms with Crippen LogP contribution in [0, 0.1) is 0 Å². The molecule has 0 fully saturated rings. The fourth-order valence-electron chi connectivity index (χ4n) is 4.15. The minimum absolute atomic E-state index is 0.00248. The quantitative estimate of drug-likeness (QED) is 0.619. The number of nitrogens with one attached hydrogen (secondary N) is 3. The standard InChI is InChI=1S/C22H20ClN3OS/c23-17-9-5-4-8-15(17)20-24-21(27)19-16-10-11-26(12-14-6-2-1-3-7-14)13-18(16)28-22(19)25-20/h1-9,20,25H,10-13H2,(H,24,27)/p+1/t20-/m0/s1. The van der Waals surface area contributed by atoms with Crippen molar-refractivity contribution in [1.82, 2.24) is 5.32 Å². The smallest absolute Gasteiger partial charge is 0.256 e. The first-order valence-electron chi connectivity index (χ1n) is 9.53. The van der Waals surface area contributed by atoms with Crippen molar-refractivity contribution in [3.8, 4) is 0 Å². The number of fused-ring (bicyclic) bond motifs is 3. The highest BCUT2D eigenvalue weighted by atomic mass is 35.5. The highest BCUT2D eigenvalue weighted by Crippen LogP contribution is 2.39. The van der Waals surface area contributed by atoms with Crippen molar-refractivity contribution in [2.45, 2.75) is 25.7 Å². The maximum atomic E-state index is 12.9. The molecule has 0 spiro atoms. The van der Waals surface area contributed by atoms with Gasteiger partial charge in [-0.25, -0.2) is 0 Å². The van der Waals surface area contributed by atoms with E-state index in [1.807, 2.05) is 24.3 Å². The Balaban J connectivity index is 1.40. The molecule has 3 aromatic rings. The molecule has 3 heterocycles. The van der Waals surface area contributed by atoms with Gasteiger partial charge in [0.2, 0.25) is 0 Å². The van der Waals surface area contributed by atoms with Gasteiger partial charge in [0.15, 0.2) is 0 Å². The Kier molecular flexibility index (Phi) is 4.59. The molecule has 4 nitrogen and oxygen atoms in total. The van der Waals surface area contributed by atoms with E-state index in [9.17, 15) is 4.79 Å². The molecule has 1 amide bonds. The van der Waals surface area contributed by atoms with E-state index >= 15 is 0 Å². The minimum Gasteiger partial charge on any atom is -0.353 e. The lowest BCUT2D eigenvalue weighted by Gasteiger charge is -2.28. The predicted molar refractivity (Wildman–Crippen MR) is 113 cm³/mol. The molecule has 2 aromatic carbocycles. The van der Waals surface area contributed by atoms with E-state index in [0.717, 1.165) is 42.2 Å². The number of quaternary nitrogens is 1. The second-order valence-electron chi connectivity index (χ2n) is 7.37. The molecule has 28 heavy (non-hydrogen) atoms. The number of anilines is 1. The van der Waals surface area contributed by atoms with Crippen LogP contribution in [0.4, 0.5) is 5.00 Å². The van der Waals surface area contributed by atoms with Crippen molar-refractivity contribution in [2.75, 3.05) is 11.9 Å².